The summed E-state index contributed by atoms with van der Waals surface area (Å²) in [5.74, 6) is 1.28. The van der Waals surface area contributed by atoms with Crippen LogP contribution < -0.4 is 5.32 Å². The molecule has 4 rings (SSSR count). The van der Waals surface area contributed by atoms with E-state index in [-0.39, 0.29) is 18.4 Å². The molecule has 3 aromatic rings. The van der Waals surface area contributed by atoms with Crippen LogP contribution in [0.5, 0.6) is 0 Å². The van der Waals surface area contributed by atoms with Crippen LogP contribution in [0, 0.1) is 6.92 Å². The molecule has 25 heavy (non-hydrogen) atoms. The zero-order valence-corrected chi connectivity index (χ0v) is 15.7. The van der Waals surface area contributed by atoms with Crippen LogP contribution in [0.25, 0.3) is 22.7 Å². The van der Waals surface area contributed by atoms with Crippen molar-refractivity contribution in [1.29, 1.82) is 0 Å². The molecule has 1 saturated heterocycles. The number of thiazole rings is 1. The van der Waals surface area contributed by atoms with E-state index in [9.17, 15) is 0 Å². The third kappa shape index (κ3) is 3.74. The van der Waals surface area contributed by atoms with Gasteiger partial charge >= 0.3 is 0 Å². The second-order valence-corrected chi connectivity index (χ2v) is 7.05. The maximum atomic E-state index is 5.51. The van der Waals surface area contributed by atoms with Gasteiger partial charge in [-0.2, -0.15) is 4.98 Å². The molecule has 1 atom stereocenters. The average Bonchev–Trinajstić information content (AvgIpc) is 3.25. The molecule has 6 nitrogen and oxygen atoms in total. The van der Waals surface area contributed by atoms with E-state index in [1.54, 1.807) is 11.3 Å². The Labute approximate surface area is 156 Å². The minimum absolute atomic E-state index is 0. The molecule has 1 N–H and O–H groups in total. The lowest BCUT2D eigenvalue weighted by atomic mass is 10.1. The van der Waals surface area contributed by atoms with Crippen molar-refractivity contribution in [2.24, 2.45) is 0 Å². The number of aromatic nitrogens is 3. The second kappa shape index (κ2) is 7.61. The van der Waals surface area contributed by atoms with Crippen LogP contribution in [0.2, 0.25) is 0 Å². The zero-order chi connectivity index (χ0) is 16.5. The molecule has 1 unspecified atom stereocenters. The standard InChI is InChI=1S/C17H19N5OS.ClH/c1-11-19-14(10-24-11)12-4-3-5-13(8-12)17-20-16(21-23-17)15-9-18-6-7-22(15)2;/h3-5,8,10,15,18H,6-7,9H2,1-2H3;1H. The van der Waals surface area contributed by atoms with E-state index in [1.165, 1.54) is 0 Å². The van der Waals surface area contributed by atoms with Gasteiger partial charge in [-0.05, 0) is 26.1 Å². The van der Waals surface area contributed by atoms with E-state index in [0.29, 0.717) is 5.89 Å². The molecular formula is C17H20ClN5OS. The highest BCUT2D eigenvalue weighted by Gasteiger charge is 2.25. The van der Waals surface area contributed by atoms with E-state index < -0.39 is 0 Å². The molecular weight excluding hydrogens is 358 g/mol. The van der Waals surface area contributed by atoms with Crippen molar-refractivity contribution in [2.45, 2.75) is 13.0 Å². The van der Waals surface area contributed by atoms with Crippen molar-refractivity contribution >= 4 is 23.7 Å². The van der Waals surface area contributed by atoms with Gasteiger partial charge in [0.25, 0.3) is 5.89 Å². The molecule has 0 spiro atoms. The molecule has 0 aliphatic carbocycles. The average molecular weight is 378 g/mol. The quantitative estimate of drug-likeness (QED) is 0.756. The molecule has 0 amide bonds. The summed E-state index contributed by atoms with van der Waals surface area (Å²) >= 11 is 1.65. The third-order valence-electron chi connectivity index (χ3n) is 4.28. The van der Waals surface area contributed by atoms with Crippen molar-refractivity contribution < 1.29 is 4.52 Å². The van der Waals surface area contributed by atoms with Crippen LogP contribution in [0.1, 0.15) is 16.9 Å². The summed E-state index contributed by atoms with van der Waals surface area (Å²) in [6, 6.07) is 8.24. The molecule has 1 fully saturated rings. The Hall–Kier alpha value is -1.80. The number of hydrogen-bond donors (Lipinski definition) is 1. The largest absolute Gasteiger partial charge is 0.334 e. The fourth-order valence-electron chi connectivity index (χ4n) is 2.89. The number of aryl methyl sites for hydroxylation is 1. The first-order valence-electron chi connectivity index (χ1n) is 7.98. The van der Waals surface area contributed by atoms with E-state index in [1.807, 2.05) is 25.1 Å². The van der Waals surface area contributed by atoms with Gasteiger partial charge in [-0.25, -0.2) is 4.98 Å². The van der Waals surface area contributed by atoms with Gasteiger partial charge in [0.15, 0.2) is 5.82 Å². The first kappa shape index (κ1) is 18.0. The van der Waals surface area contributed by atoms with Crippen molar-refractivity contribution in [3.8, 4) is 22.7 Å². The Bertz CT molecular complexity index is 849. The number of piperazine rings is 1. The molecule has 0 radical (unpaired) electrons. The van der Waals surface area contributed by atoms with Crippen molar-refractivity contribution in [3.05, 3.63) is 40.5 Å². The Morgan fingerprint density at radius 1 is 1.28 bits per heavy atom. The molecule has 132 valence electrons. The molecule has 3 heterocycles. The monoisotopic (exact) mass is 377 g/mol. The molecule has 1 aliphatic rings. The van der Waals surface area contributed by atoms with Crippen LogP contribution in [0.4, 0.5) is 0 Å². The van der Waals surface area contributed by atoms with Gasteiger partial charge in [0.2, 0.25) is 0 Å². The Kier molecular flexibility index (Phi) is 5.48. The summed E-state index contributed by atoms with van der Waals surface area (Å²) in [6.45, 7) is 4.82. The fourth-order valence-corrected chi connectivity index (χ4v) is 3.51. The van der Waals surface area contributed by atoms with Gasteiger partial charge in [-0.1, -0.05) is 17.3 Å². The van der Waals surface area contributed by atoms with Gasteiger partial charge in [-0.15, -0.1) is 23.7 Å². The fraction of sp³-hybridized carbons (Fsp3) is 0.353. The number of benzene rings is 1. The summed E-state index contributed by atoms with van der Waals surface area (Å²) in [4.78, 5) is 11.4. The first-order valence-corrected chi connectivity index (χ1v) is 8.86. The first-order chi connectivity index (χ1) is 11.7. The third-order valence-corrected chi connectivity index (χ3v) is 5.05. The number of nitrogens with zero attached hydrogens (tertiary/aromatic N) is 4. The van der Waals surface area contributed by atoms with E-state index in [4.69, 9.17) is 4.52 Å². The van der Waals surface area contributed by atoms with Crippen molar-refractivity contribution in [1.82, 2.24) is 25.3 Å². The molecule has 0 saturated carbocycles. The normalized spacial score (nSPS) is 18.1. The summed E-state index contributed by atoms with van der Waals surface area (Å²) < 4.78 is 5.51. The summed E-state index contributed by atoms with van der Waals surface area (Å²) in [6.07, 6.45) is 0. The lowest BCUT2D eigenvalue weighted by Crippen LogP contribution is -2.44. The zero-order valence-electron chi connectivity index (χ0n) is 14.1. The minimum atomic E-state index is 0. The maximum Gasteiger partial charge on any atom is 0.258 e. The van der Waals surface area contributed by atoms with Gasteiger partial charge in [0.1, 0.15) is 0 Å². The molecule has 2 aromatic heterocycles. The van der Waals surface area contributed by atoms with E-state index >= 15 is 0 Å². The van der Waals surface area contributed by atoms with Crippen LogP contribution in [-0.4, -0.2) is 46.7 Å². The predicted molar refractivity (Wildman–Crippen MR) is 101 cm³/mol. The number of rotatable bonds is 3. The number of nitrogens with one attached hydrogen (secondary N) is 1. The number of likely N-dealkylation sites (N-methyl/N-ethyl adjacent to an activating group) is 1. The molecule has 0 bridgehead atoms. The predicted octanol–water partition coefficient (Wildman–Crippen LogP) is 3.17. The maximum absolute atomic E-state index is 5.51. The van der Waals surface area contributed by atoms with Crippen LogP contribution in [-0.2, 0) is 0 Å². The number of halogens is 1. The minimum Gasteiger partial charge on any atom is -0.334 e. The molecule has 8 heteroatoms. The highest BCUT2D eigenvalue weighted by atomic mass is 35.5. The second-order valence-electron chi connectivity index (χ2n) is 5.99. The smallest absolute Gasteiger partial charge is 0.258 e. The Morgan fingerprint density at radius 2 is 2.12 bits per heavy atom. The lowest BCUT2D eigenvalue weighted by Gasteiger charge is -2.30. The summed E-state index contributed by atoms with van der Waals surface area (Å²) in [7, 11) is 2.09. The van der Waals surface area contributed by atoms with Crippen LogP contribution in [0.3, 0.4) is 0 Å². The van der Waals surface area contributed by atoms with Gasteiger partial charge in [0, 0.05) is 36.1 Å². The lowest BCUT2D eigenvalue weighted by molar-refractivity contribution is 0.190. The van der Waals surface area contributed by atoms with E-state index in [2.05, 4.69) is 43.8 Å². The molecule has 1 aromatic carbocycles. The van der Waals surface area contributed by atoms with E-state index in [0.717, 1.165) is 47.3 Å². The SMILES string of the molecule is Cc1nc(-c2cccc(-c3nc(C4CNCCN4C)no3)c2)cs1.Cl. The number of hydrogen-bond acceptors (Lipinski definition) is 7. The van der Waals surface area contributed by atoms with Gasteiger partial charge < -0.3 is 9.84 Å². The van der Waals surface area contributed by atoms with Gasteiger partial charge in [0.05, 0.1) is 16.7 Å². The van der Waals surface area contributed by atoms with Crippen molar-refractivity contribution in [3.63, 3.8) is 0 Å². The highest BCUT2D eigenvalue weighted by Crippen LogP contribution is 2.27. The van der Waals surface area contributed by atoms with Crippen LogP contribution in [0.15, 0.2) is 34.2 Å². The summed E-state index contributed by atoms with van der Waals surface area (Å²) in [5, 5.41) is 10.7. The van der Waals surface area contributed by atoms with Crippen molar-refractivity contribution in [2.75, 3.05) is 26.7 Å². The Morgan fingerprint density at radius 3 is 2.88 bits per heavy atom. The highest BCUT2D eigenvalue weighted by molar-refractivity contribution is 7.09. The Balaban J connectivity index is 0.00000182. The van der Waals surface area contributed by atoms with Gasteiger partial charge in [-0.3, -0.25) is 4.90 Å². The topological polar surface area (TPSA) is 67.1 Å². The van der Waals surface area contributed by atoms with Crippen LogP contribution >= 0.6 is 23.7 Å². The molecule has 1 aliphatic heterocycles. The summed E-state index contributed by atoms with van der Waals surface area (Å²) in [5.41, 5.74) is 2.96.